The van der Waals surface area contributed by atoms with E-state index in [4.69, 9.17) is 9.84 Å². The summed E-state index contributed by atoms with van der Waals surface area (Å²) in [6.07, 6.45) is -1.52. The molecule has 4 atom stereocenters. The van der Waals surface area contributed by atoms with Gasteiger partial charge in [-0.05, 0) is 12.5 Å². The van der Waals surface area contributed by atoms with Crippen molar-refractivity contribution in [1.29, 1.82) is 0 Å². The van der Waals surface area contributed by atoms with E-state index in [0.29, 0.717) is 6.42 Å². The molecule has 0 unspecified atom stereocenters. The van der Waals surface area contributed by atoms with Crippen molar-refractivity contribution in [2.75, 3.05) is 13.7 Å². The first-order valence-corrected chi connectivity index (χ1v) is 8.05. The summed E-state index contributed by atoms with van der Waals surface area (Å²) in [5.74, 6) is -0.427. The molecule has 1 aliphatic rings. The van der Waals surface area contributed by atoms with Crippen LogP contribution in [0.3, 0.4) is 0 Å². The van der Waals surface area contributed by atoms with Crippen molar-refractivity contribution in [3.8, 4) is 0 Å². The third-order valence-corrected chi connectivity index (χ3v) is 4.00. The maximum Gasteiger partial charge on any atom is 0.350 e. The van der Waals surface area contributed by atoms with Gasteiger partial charge in [-0.1, -0.05) is 0 Å². The number of nitrogens with zero attached hydrogens (tertiary/aromatic N) is 2. The van der Waals surface area contributed by atoms with Gasteiger partial charge in [-0.15, -0.1) is 0 Å². The average Bonchev–Trinajstić information content (AvgIpc) is 2.89. The smallest absolute Gasteiger partial charge is 0.350 e. The highest BCUT2D eigenvalue weighted by molar-refractivity contribution is 5.69. The molecule has 10 heteroatoms. The summed E-state index contributed by atoms with van der Waals surface area (Å²) in [4.78, 5) is 26.9. The Balaban J connectivity index is 2.06. The molecule has 0 saturated carbocycles. The molecule has 1 fully saturated rings. The Morgan fingerprint density at radius 1 is 1.38 bits per heavy atom. The third-order valence-electron chi connectivity index (χ3n) is 4.00. The summed E-state index contributed by atoms with van der Waals surface area (Å²) in [5, 5.41) is 38.6. The predicted octanol–water partition coefficient (Wildman–Crippen LogP) is -0.903. The van der Waals surface area contributed by atoms with Crippen LogP contribution >= 0.6 is 0 Å². The van der Waals surface area contributed by atoms with E-state index in [2.05, 4.69) is 9.72 Å². The van der Waals surface area contributed by atoms with Gasteiger partial charge in [0.2, 0.25) is 0 Å². The van der Waals surface area contributed by atoms with Gasteiger partial charge < -0.3 is 29.9 Å². The van der Waals surface area contributed by atoms with Crippen molar-refractivity contribution in [3.05, 3.63) is 34.2 Å². The molecule has 2 heterocycles. The van der Waals surface area contributed by atoms with Gasteiger partial charge in [-0.2, -0.15) is 4.98 Å². The minimum atomic E-state index is -1.39. The Hall–Kier alpha value is -2.27. The number of carbonyl (C=O) groups excluding carboxylic acids is 1. The zero-order chi connectivity index (χ0) is 19.3. The number of hydrogen-bond acceptors (Lipinski definition) is 9. The SMILES string of the molecule is COC(=O)CCC/C(O)=C/c1ccn([C@@H]2O[C@H](CO)[C@@H](O)[C@H]2O)c(=O)n1. The van der Waals surface area contributed by atoms with Crippen LogP contribution in [0.2, 0.25) is 0 Å². The lowest BCUT2D eigenvalue weighted by Crippen LogP contribution is -2.36. The molecule has 0 bridgehead atoms. The number of aromatic nitrogens is 2. The fraction of sp³-hybridized carbons (Fsp3) is 0.562. The summed E-state index contributed by atoms with van der Waals surface area (Å²) in [6.45, 7) is -0.503. The van der Waals surface area contributed by atoms with Crippen LogP contribution in [-0.2, 0) is 14.3 Å². The number of carbonyl (C=O) groups is 1. The molecule has 4 N–H and O–H groups in total. The third kappa shape index (κ3) is 4.67. The van der Waals surface area contributed by atoms with Crippen molar-refractivity contribution < 1.29 is 34.7 Å². The van der Waals surface area contributed by atoms with E-state index in [9.17, 15) is 24.9 Å². The highest BCUT2D eigenvalue weighted by atomic mass is 16.6. The second-order valence-corrected chi connectivity index (χ2v) is 5.84. The van der Waals surface area contributed by atoms with E-state index in [0.717, 1.165) is 4.57 Å². The lowest BCUT2D eigenvalue weighted by molar-refractivity contribution is -0.140. The first kappa shape index (κ1) is 20.0. The lowest BCUT2D eigenvalue weighted by Gasteiger charge is -2.16. The van der Waals surface area contributed by atoms with Gasteiger partial charge in [0, 0.05) is 25.1 Å². The van der Waals surface area contributed by atoms with E-state index in [1.165, 1.54) is 25.4 Å². The topological polar surface area (TPSA) is 151 Å². The van der Waals surface area contributed by atoms with Crippen LogP contribution < -0.4 is 5.69 Å². The molecule has 10 nitrogen and oxygen atoms in total. The molecule has 1 aromatic rings. The molecule has 1 aliphatic heterocycles. The van der Waals surface area contributed by atoms with E-state index in [1.807, 2.05) is 0 Å². The van der Waals surface area contributed by atoms with Crippen LogP contribution in [0.5, 0.6) is 0 Å². The largest absolute Gasteiger partial charge is 0.512 e. The molecule has 0 spiro atoms. The Morgan fingerprint density at radius 2 is 2.12 bits per heavy atom. The van der Waals surface area contributed by atoms with Gasteiger partial charge >= 0.3 is 11.7 Å². The van der Waals surface area contributed by atoms with Gasteiger partial charge in [0.05, 0.1) is 25.2 Å². The molecule has 0 radical (unpaired) electrons. The summed E-state index contributed by atoms with van der Waals surface area (Å²) in [5.41, 5.74) is -0.565. The first-order chi connectivity index (χ1) is 12.4. The average molecular weight is 370 g/mol. The number of allylic oxidation sites excluding steroid dienone is 1. The van der Waals surface area contributed by atoms with Gasteiger partial charge in [0.25, 0.3) is 0 Å². The van der Waals surface area contributed by atoms with Crippen molar-refractivity contribution in [3.63, 3.8) is 0 Å². The zero-order valence-corrected chi connectivity index (χ0v) is 14.2. The molecule has 0 amide bonds. The fourth-order valence-electron chi connectivity index (χ4n) is 2.57. The van der Waals surface area contributed by atoms with E-state index in [1.54, 1.807) is 0 Å². The zero-order valence-electron chi connectivity index (χ0n) is 14.2. The Labute approximate surface area is 148 Å². The molecule has 0 aliphatic carbocycles. The van der Waals surface area contributed by atoms with Crippen LogP contribution in [-0.4, -0.2) is 68.0 Å². The number of methoxy groups -OCH3 is 1. The van der Waals surface area contributed by atoms with Gasteiger partial charge in [-0.25, -0.2) is 4.79 Å². The number of ether oxygens (including phenoxy) is 2. The predicted molar refractivity (Wildman–Crippen MR) is 88.0 cm³/mol. The summed E-state index contributed by atoms with van der Waals surface area (Å²) in [6, 6.07) is 1.42. The fourth-order valence-corrected chi connectivity index (χ4v) is 2.57. The van der Waals surface area contributed by atoms with Crippen LogP contribution in [0.4, 0.5) is 0 Å². The second-order valence-electron chi connectivity index (χ2n) is 5.84. The van der Waals surface area contributed by atoms with Gasteiger partial charge in [-0.3, -0.25) is 9.36 Å². The maximum absolute atomic E-state index is 12.1. The van der Waals surface area contributed by atoms with E-state index < -0.39 is 36.8 Å². The van der Waals surface area contributed by atoms with Crippen LogP contribution in [0.25, 0.3) is 6.08 Å². The Bertz CT molecular complexity index is 716. The van der Waals surface area contributed by atoms with Crippen molar-refractivity contribution in [2.24, 2.45) is 0 Å². The molecule has 26 heavy (non-hydrogen) atoms. The number of aliphatic hydroxyl groups is 4. The molecule has 144 valence electrons. The molecular weight excluding hydrogens is 348 g/mol. The van der Waals surface area contributed by atoms with Crippen molar-refractivity contribution >= 4 is 12.0 Å². The van der Waals surface area contributed by atoms with E-state index >= 15 is 0 Å². The number of esters is 1. The molecule has 2 rings (SSSR count). The highest BCUT2D eigenvalue weighted by Crippen LogP contribution is 2.28. The van der Waals surface area contributed by atoms with Crippen LogP contribution in [0.15, 0.2) is 22.8 Å². The monoisotopic (exact) mass is 370 g/mol. The number of hydrogen-bond donors (Lipinski definition) is 4. The molecular formula is C16H22N2O8. The molecule has 1 aromatic heterocycles. The van der Waals surface area contributed by atoms with Gasteiger partial charge in [0.15, 0.2) is 6.23 Å². The minimum Gasteiger partial charge on any atom is -0.512 e. The summed E-state index contributed by atoms with van der Waals surface area (Å²) in [7, 11) is 1.28. The summed E-state index contributed by atoms with van der Waals surface area (Å²) >= 11 is 0. The standard InChI is InChI=1S/C16H22N2O8/c1-25-12(21)4-2-3-10(20)7-9-5-6-18(16(24)17-9)15-14(23)13(22)11(8-19)26-15/h5-7,11,13-15,19-20,22-23H,2-4,8H2,1H3/b10-7-/t11-,13-,14-,15-/m1/s1. The number of rotatable bonds is 7. The van der Waals surface area contributed by atoms with Crippen molar-refractivity contribution in [2.45, 2.75) is 43.8 Å². The normalized spacial score (nSPS) is 26.1. The minimum absolute atomic E-state index is 0.0496. The quantitative estimate of drug-likeness (QED) is 0.353. The molecule has 1 saturated heterocycles. The Kier molecular flexibility index (Phi) is 6.86. The second kappa shape index (κ2) is 8.90. The summed E-state index contributed by atoms with van der Waals surface area (Å²) < 4.78 is 10.8. The van der Waals surface area contributed by atoms with E-state index in [-0.39, 0.29) is 30.3 Å². The lowest BCUT2D eigenvalue weighted by atomic mass is 10.1. The van der Waals surface area contributed by atoms with Gasteiger partial charge in [0.1, 0.15) is 18.3 Å². The number of aliphatic hydroxyl groups excluding tert-OH is 4. The molecule has 0 aromatic carbocycles. The highest BCUT2D eigenvalue weighted by Gasteiger charge is 2.43. The Morgan fingerprint density at radius 3 is 2.69 bits per heavy atom. The van der Waals surface area contributed by atoms with Crippen molar-refractivity contribution in [1.82, 2.24) is 9.55 Å². The van der Waals surface area contributed by atoms with Crippen LogP contribution in [0.1, 0.15) is 31.2 Å². The van der Waals surface area contributed by atoms with Crippen LogP contribution in [0, 0.1) is 0 Å². The first-order valence-electron chi connectivity index (χ1n) is 8.05. The maximum atomic E-state index is 12.1.